The molecule has 0 unspecified atom stereocenters. The number of nitrogens with one attached hydrogen (secondary N) is 1. The Labute approximate surface area is 131 Å². The molecule has 0 aliphatic heterocycles. The monoisotopic (exact) mass is 291 g/mol. The van der Waals surface area contributed by atoms with Crippen LogP contribution in [0.25, 0.3) is 0 Å². The summed E-state index contributed by atoms with van der Waals surface area (Å²) < 4.78 is 5.57. The predicted molar refractivity (Wildman–Crippen MR) is 91.3 cm³/mol. The van der Waals surface area contributed by atoms with Gasteiger partial charge in [0.05, 0.1) is 6.61 Å². The van der Waals surface area contributed by atoms with E-state index in [1.807, 2.05) is 6.92 Å². The molecule has 0 fully saturated rings. The number of ether oxygens (including phenoxy) is 1. The first-order valence-electron chi connectivity index (χ1n) is 8.40. The normalized spacial score (nSPS) is 11.8. The van der Waals surface area contributed by atoms with Gasteiger partial charge in [0, 0.05) is 19.2 Å². The standard InChI is InChI=1S/C19H33NO/c1-6-21-14-18-10-8-7-9-17(18)13-20-19(11-15(2)3)12-16(4)5/h7-10,15-16,19-20H,6,11-14H2,1-5H3. The fraction of sp³-hybridized carbons (Fsp3) is 0.684. The highest BCUT2D eigenvalue weighted by Gasteiger charge is 2.13. The summed E-state index contributed by atoms with van der Waals surface area (Å²) in [6.45, 7) is 13.7. The first-order valence-corrected chi connectivity index (χ1v) is 8.40. The minimum atomic E-state index is 0.602. The van der Waals surface area contributed by atoms with Crippen LogP contribution in [0.4, 0.5) is 0 Å². The largest absolute Gasteiger partial charge is 0.377 e. The molecule has 0 radical (unpaired) electrons. The second kappa shape index (κ2) is 9.97. The summed E-state index contributed by atoms with van der Waals surface area (Å²) in [5.41, 5.74) is 2.67. The summed E-state index contributed by atoms with van der Waals surface area (Å²) in [6.07, 6.45) is 2.48. The molecule has 2 heteroatoms. The van der Waals surface area contributed by atoms with Crippen LogP contribution in [0, 0.1) is 11.8 Å². The topological polar surface area (TPSA) is 21.3 Å². The Morgan fingerprint density at radius 2 is 1.52 bits per heavy atom. The average molecular weight is 291 g/mol. The number of rotatable bonds is 10. The number of hydrogen-bond acceptors (Lipinski definition) is 2. The van der Waals surface area contributed by atoms with Gasteiger partial charge in [0.1, 0.15) is 0 Å². The molecule has 0 atom stereocenters. The molecular weight excluding hydrogens is 258 g/mol. The van der Waals surface area contributed by atoms with Crippen molar-refractivity contribution in [1.29, 1.82) is 0 Å². The van der Waals surface area contributed by atoms with Crippen molar-refractivity contribution in [1.82, 2.24) is 5.32 Å². The molecule has 2 nitrogen and oxygen atoms in total. The quantitative estimate of drug-likeness (QED) is 0.670. The molecule has 0 aliphatic carbocycles. The van der Waals surface area contributed by atoms with Crippen LogP contribution in [0.1, 0.15) is 58.6 Å². The Hall–Kier alpha value is -0.860. The Morgan fingerprint density at radius 1 is 0.952 bits per heavy atom. The van der Waals surface area contributed by atoms with Gasteiger partial charge in [-0.2, -0.15) is 0 Å². The summed E-state index contributed by atoms with van der Waals surface area (Å²) in [5.74, 6) is 1.47. The molecule has 0 saturated heterocycles. The molecule has 1 aromatic rings. The van der Waals surface area contributed by atoms with Crippen molar-refractivity contribution in [2.45, 2.75) is 66.7 Å². The Bertz CT molecular complexity index is 377. The van der Waals surface area contributed by atoms with Crippen LogP contribution in [-0.2, 0) is 17.9 Å². The predicted octanol–water partition coefficient (Wildman–Crippen LogP) is 4.77. The van der Waals surface area contributed by atoms with Crippen molar-refractivity contribution < 1.29 is 4.74 Å². The van der Waals surface area contributed by atoms with Gasteiger partial charge in [-0.3, -0.25) is 0 Å². The van der Waals surface area contributed by atoms with E-state index in [2.05, 4.69) is 57.3 Å². The third-order valence-corrected chi connectivity index (χ3v) is 3.67. The highest BCUT2D eigenvalue weighted by molar-refractivity contribution is 5.26. The summed E-state index contributed by atoms with van der Waals surface area (Å²) in [5, 5.41) is 3.76. The maximum Gasteiger partial charge on any atom is 0.0719 e. The van der Waals surface area contributed by atoms with E-state index in [1.165, 1.54) is 24.0 Å². The van der Waals surface area contributed by atoms with Gasteiger partial charge in [-0.15, -0.1) is 0 Å². The van der Waals surface area contributed by atoms with E-state index < -0.39 is 0 Å². The molecule has 0 aliphatic rings. The average Bonchev–Trinajstić information content (AvgIpc) is 2.42. The smallest absolute Gasteiger partial charge is 0.0719 e. The summed E-state index contributed by atoms with van der Waals surface area (Å²) in [4.78, 5) is 0. The van der Waals surface area contributed by atoms with E-state index >= 15 is 0 Å². The highest BCUT2D eigenvalue weighted by atomic mass is 16.5. The molecule has 21 heavy (non-hydrogen) atoms. The lowest BCUT2D eigenvalue weighted by Gasteiger charge is -2.23. The van der Waals surface area contributed by atoms with Crippen molar-refractivity contribution in [2.24, 2.45) is 11.8 Å². The van der Waals surface area contributed by atoms with Gasteiger partial charge < -0.3 is 10.1 Å². The Kier molecular flexibility index (Phi) is 8.63. The Balaban J connectivity index is 2.61. The molecule has 0 aromatic heterocycles. The minimum absolute atomic E-state index is 0.602. The lowest BCUT2D eigenvalue weighted by atomic mass is 9.95. The van der Waals surface area contributed by atoms with Crippen molar-refractivity contribution in [2.75, 3.05) is 6.61 Å². The summed E-state index contributed by atoms with van der Waals surface area (Å²) in [6, 6.07) is 9.20. The molecular formula is C19H33NO. The molecule has 120 valence electrons. The fourth-order valence-electron chi connectivity index (χ4n) is 2.74. The van der Waals surface area contributed by atoms with Crippen molar-refractivity contribution in [3.05, 3.63) is 35.4 Å². The second-order valence-corrected chi connectivity index (χ2v) is 6.74. The van der Waals surface area contributed by atoms with Gasteiger partial charge in [-0.25, -0.2) is 0 Å². The van der Waals surface area contributed by atoms with E-state index in [0.29, 0.717) is 12.6 Å². The first-order chi connectivity index (χ1) is 10.0. The zero-order valence-electron chi connectivity index (χ0n) is 14.5. The van der Waals surface area contributed by atoms with Gasteiger partial charge in [0.25, 0.3) is 0 Å². The van der Waals surface area contributed by atoms with Gasteiger partial charge in [0.2, 0.25) is 0 Å². The van der Waals surface area contributed by atoms with Gasteiger partial charge in [-0.05, 0) is 42.7 Å². The van der Waals surface area contributed by atoms with E-state index in [9.17, 15) is 0 Å². The molecule has 0 spiro atoms. The molecule has 0 amide bonds. The SMILES string of the molecule is CCOCc1ccccc1CNC(CC(C)C)CC(C)C. The van der Waals surface area contributed by atoms with Gasteiger partial charge in [-0.1, -0.05) is 52.0 Å². The zero-order chi connectivity index (χ0) is 15.7. The third-order valence-electron chi connectivity index (χ3n) is 3.67. The van der Waals surface area contributed by atoms with Crippen LogP contribution in [0.2, 0.25) is 0 Å². The molecule has 1 rings (SSSR count). The maximum absolute atomic E-state index is 5.57. The van der Waals surface area contributed by atoms with Crippen molar-refractivity contribution in [3.63, 3.8) is 0 Å². The van der Waals surface area contributed by atoms with Gasteiger partial charge >= 0.3 is 0 Å². The molecule has 1 aromatic carbocycles. The molecule has 0 heterocycles. The third kappa shape index (κ3) is 7.63. The van der Waals surface area contributed by atoms with Crippen LogP contribution in [-0.4, -0.2) is 12.6 Å². The summed E-state index contributed by atoms with van der Waals surface area (Å²) >= 11 is 0. The number of benzene rings is 1. The van der Waals surface area contributed by atoms with Crippen LogP contribution in [0.3, 0.4) is 0 Å². The van der Waals surface area contributed by atoms with Crippen LogP contribution in [0.15, 0.2) is 24.3 Å². The maximum atomic E-state index is 5.57. The van der Waals surface area contributed by atoms with Crippen LogP contribution >= 0.6 is 0 Å². The fourth-order valence-corrected chi connectivity index (χ4v) is 2.74. The first kappa shape index (κ1) is 18.2. The van der Waals surface area contributed by atoms with Crippen LogP contribution in [0.5, 0.6) is 0 Å². The second-order valence-electron chi connectivity index (χ2n) is 6.74. The lowest BCUT2D eigenvalue weighted by molar-refractivity contribution is 0.133. The summed E-state index contributed by atoms with van der Waals surface area (Å²) in [7, 11) is 0. The minimum Gasteiger partial charge on any atom is -0.377 e. The lowest BCUT2D eigenvalue weighted by Crippen LogP contribution is -2.31. The van der Waals surface area contributed by atoms with Crippen molar-refractivity contribution >= 4 is 0 Å². The Morgan fingerprint density at radius 3 is 2.05 bits per heavy atom. The molecule has 0 bridgehead atoms. The van der Waals surface area contributed by atoms with E-state index in [-0.39, 0.29) is 0 Å². The zero-order valence-corrected chi connectivity index (χ0v) is 14.5. The van der Waals surface area contributed by atoms with E-state index in [1.54, 1.807) is 0 Å². The van der Waals surface area contributed by atoms with E-state index in [0.717, 1.165) is 25.0 Å². The van der Waals surface area contributed by atoms with E-state index in [4.69, 9.17) is 4.74 Å². The van der Waals surface area contributed by atoms with Crippen molar-refractivity contribution in [3.8, 4) is 0 Å². The van der Waals surface area contributed by atoms with Crippen LogP contribution < -0.4 is 5.32 Å². The number of hydrogen-bond donors (Lipinski definition) is 1. The highest BCUT2D eigenvalue weighted by Crippen LogP contribution is 2.16. The molecule has 1 N–H and O–H groups in total. The molecule has 0 saturated carbocycles. The van der Waals surface area contributed by atoms with Gasteiger partial charge in [0.15, 0.2) is 0 Å².